The lowest BCUT2D eigenvalue weighted by molar-refractivity contribution is -0.274. The fourth-order valence-corrected chi connectivity index (χ4v) is 5.76. The Morgan fingerprint density at radius 1 is 1.11 bits per heavy atom. The minimum atomic E-state index is -4.75. The predicted molar refractivity (Wildman–Crippen MR) is 127 cm³/mol. The van der Waals surface area contributed by atoms with Gasteiger partial charge in [-0.3, -0.25) is 4.90 Å². The minimum Gasteiger partial charge on any atom is -0.497 e. The van der Waals surface area contributed by atoms with Crippen LogP contribution in [0.2, 0.25) is 0 Å². The zero-order valence-electron chi connectivity index (χ0n) is 19.8. The highest BCUT2D eigenvalue weighted by atomic mass is 19.4. The number of halogens is 3. The zero-order chi connectivity index (χ0) is 24.7. The molecule has 3 aliphatic rings. The Hall–Kier alpha value is -2.84. The number of hydrogen-bond acceptors (Lipinski definition) is 5. The Balaban J connectivity index is 1.53. The summed E-state index contributed by atoms with van der Waals surface area (Å²) in [5, 5.41) is 12.5. The Kier molecular flexibility index (Phi) is 6.36. The molecule has 3 fully saturated rings. The van der Waals surface area contributed by atoms with Crippen LogP contribution in [-0.4, -0.2) is 47.6 Å². The number of aliphatic hydroxyl groups is 1. The molecule has 5 atom stereocenters. The van der Waals surface area contributed by atoms with Crippen LogP contribution in [0, 0.1) is 11.8 Å². The highest BCUT2D eigenvalue weighted by Crippen LogP contribution is 2.43. The van der Waals surface area contributed by atoms with Crippen LogP contribution in [0.5, 0.6) is 11.5 Å². The predicted octanol–water partition coefficient (Wildman–Crippen LogP) is 5.96. The molecule has 3 saturated heterocycles. The van der Waals surface area contributed by atoms with E-state index in [4.69, 9.17) is 9.72 Å². The van der Waals surface area contributed by atoms with Gasteiger partial charge in [-0.05, 0) is 85.3 Å². The van der Waals surface area contributed by atoms with E-state index in [1.165, 1.54) is 18.6 Å². The van der Waals surface area contributed by atoms with Crippen LogP contribution in [0.15, 0.2) is 48.5 Å². The summed E-state index contributed by atoms with van der Waals surface area (Å²) in [6, 6.07) is 13.1. The van der Waals surface area contributed by atoms with Crippen LogP contribution < -0.4 is 9.47 Å². The van der Waals surface area contributed by atoms with Crippen molar-refractivity contribution >= 4 is 10.9 Å². The second-order valence-electron chi connectivity index (χ2n) is 9.51. The monoisotopic (exact) mass is 486 g/mol. The van der Waals surface area contributed by atoms with Gasteiger partial charge in [0.05, 0.1) is 24.4 Å². The number of rotatable bonds is 6. The molecular weight excluding hydrogens is 457 g/mol. The van der Waals surface area contributed by atoms with Gasteiger partial charge in [0.25, 0.3) is 0 Å². The number of pyridine rings is 1. The maximum absolute atomic E-state index is 12.6. The topological polar surface area (TPSA) is 54.8 Å². The molecule has 1 N–H and O–H groups in total. The standard InChI is InChI=1S/C27H29F3N2O3/c1-3-16-15-32-11-10-18(16)12-25(32)26(33)22-14-24(31-23-9-8-20(34-2)13-21(22)23)17-4-6-19(7-5-17)35-27(28,29)30/h4-9,13-14,16,18,25-26,33H,3,10-12,15H2,1-2H3/t16-,18+,25-,26+/m0/s1. The average molecular weight is 487 g/mol. The summed E-state index contributed by atoms with van der Waals surface area (Å²) in [5.41, 5.74) is 2.67. The van der Waals surface area contributed by atoms with Gasteiger partial charge in [-0.1, -0.05) is 13.3 Å². The van der Waals surface area contributed by atoms with E-state index in [0.717, 1.165) is 36.9 Å². The van der Waals surface area contributed by atoms with Crippen molar-refractivity contribution in [2.45, 2.75) is 44.7 Å². The lowest BCUT2D eigenvalue weighted by Gasteiger charge is -2.51. The van der Waals surface area contributed by atoms with E-state index < -0.39 is 12.5 Å². The average Bonchev–Trinajstić information content (AvgIpc) is 2.87. The first-order valence-electron chi connectivity index (χ1n) is 12.0. The summed E-state index contributed by atoms with van der Waals surface area (Å²) < 4.78 is 47.1. The maximum atomic E-state index is 12.6. The third-order valence-corrected chi connectivity index (χ3v) is 7.58. The van der Waals surface area contributed by atoms with Crippen molar-refractivity contribution in [3.05, 3.63) is 54.1 Å². The number of methoxy groups -OCH3 is 1. The van der Waals surface area contributed by atoms with Crippen molar-refractivity contribution in [3.63, 3.8) is 0 Å². The molecular formula is C27H29F3N2O3. The van der Waals surface area contributed by atoms with E-state index >= 15 is 0 Å². The van der Waals surface area contributed by atoms with E-state index in [1.54, 1.807) is 19.2 Å². The molecule has 35 heavy (non-hydrogen) atoms. The number of fused-ring (bicyclic) bond motifs is 4. The highest BCUT2D eigenvalue weighted by molar-refractivity contribution is 5.87. The molecule has 3 aliphatic heterocycles. The first kappa shape index (κ1) is 23.9. The molecule has 2 aromatic carbocycles. The van der Waals surface area contributed by atoms with Crippen LogP contribution in [0.25, 0.3) is 22.2 Å². The molecule has 5 nitrogen and oxygen atoms in total. The molecule has 0 aliphatic carbocycles. The molecule has 1 aromatic heterocycles. The van der Waals surface area contributed by atoms with Crippen LogP contribution in [0.4, 0.5) is 13.2 Å². The van der Waals surface area contributed by atoms with Gasteiger partial charge in [-0.2, -0.15) is 0 Å². The summed E-state index contributed by atoms with van der Waals surface area (Å²) in [5.74, 6) is 1.68. The summed E-state index contributed by atoms with van der Waals surface area (Å²) in [4.78, 5) is 7.15. The summed E-state index contributed by atoms with van der Waals surface area (Å²) in [6.07, 6.45) is -2.20. The lowest BCUT2D eigenvalue weighted by Crippen LogP contribution is -2.55. The Bertz CT molecular complexity index is 1200. The van der Waals surface area contributed by atoms with E-state index in [-0.39, 0.29) is 11.8 Å². The highest BCUT2D eigenvalue weighted by Gasteiger charge is 2.42. The van der Waals surface area contributed by atoms with Crippen molar-refractivity contribution in [1.29, 1.82) is 0 Å². The van der Waals surface area contributed by atoms with E-state index in [0.29, 0.717) is 34.4 Å². The van der Waals surface area contributed by atoms with E-state index in [9.17, 15) is 18.3 Å². The van der Waals surface area contributed by atoms with Gasteiger partial charge in [0.15, 0.2) is 0 Å². The molecule has 0 amide bonds. The van der Waals surface area contributed by atoms with Gasteiger partial charge < -0.3 is 14.6 Å². The minimum absolute atomic E-state index is 0.0174. The number of hydrogen-bond donors (Lipinski definition) is 1. The number of benzene rings is 2. The van der Waals surface area contributed by atoms with Gasteiger partial charge in [0.1, 0.15) is 11.5 Å². The van der Waals surface area contributed by atoms with Gasteiger partial charge in [-0.25, -0.2) is 4.98 Å². The number of nitrogens with zero attached hydrogens (tertiary/aromatic N) is 2. The first-order valence-corrected chi connectivity index (χ1v) is 12.0. The molecule has 0 radical (unpaired) electrons. The van der Waals surface area contributed by atoms with Crippen LogP contribution >= 0.6 is 0 Å². The van der Waals surface area contributed by atoms with Crippen LogP contribution in [-0.2, 0) is 0 Å². The van der Waals surface area contributed by atoms with E-state index in [2.05, 4.69) is 16.6 Å². The van der Waals surface area contributed by atoms with Gasteiger partial charge >= 0.3 is 6.36 Å². The molecule has 2 bridgehead atoms. The molecule has 3 aromatic rings. The van der Waals surface area contributed by atoms with Gasteiger partial charge in [0, 0.05) is 23.5 Å². The van der Waals surface area contributed by atoms with Crippen molar-refractivity contribution in [2.75, 3.05) is 20.2 Å². The van der Waals surface area contributed by atoms with Crippen LogP contribution in [0.1, 0.15) is 37.9 Å². The number of piperidine rings is 3. The van der Waals surface area contributed by atoms with Crippen molar-refractivity contribution < 1.29 is 27.8 Å². The normalized spacial score (nSPS) is 25.0. The lowest BCUT2D eigenvalue weighted by atomic mass is 9.72. The molecule has 1 unspecified atom stereocenters. The van der Waals surface area contributed by atoms with Crippen LogP contribution in [0.3, 0.4) is 0 Å². The molecule has 186 valence electrons. The van der Waals surface area contributed by atoms with Gasteiger partial charge in [-0.15, -0.1) is 13.2 Å². The molecule has 8 heteroatoms. The third-order valence-electron chi connectivity index (χ3n) is 7.58. The summed E-state index contributed by atoms with van der Waals surface area (Å²) >= 11 is 0. The Morgan fingerprint density at radius 3 is 2.49 bits per heavy atom. The quantitative estimate of drug-likeness (QED) is 0.466. The largest absolute Gasteiger partial charge is 0.573 e. The van der Waals surface area contributed by atoms with Crippen molar-refractivity contribution in [2.24, 2.45) is 11.8 Å². The number of ether oxygens (including phenoxy) is 2. The summed E-state index contributed by atoms with van der Waals surface area (Å²) in [7, 11) is 1.60. The number of aromatic nitrogens is 1. The smallest absolute Gasteiger partial charge is 0.497 e. The van der Waals surface area contributed by atoms with E-state index in [1.807, 2.05) is 24.3 Å². The number of aliphatic hydroxyl groups excluding tert-OH is 1. The number of alkyl halides is 3. The second kappa shape index (κ2) is 9.32. The first-order chi connectivity index (χ1) is 16.8. The second-order valence-corrected chi connectivity index (χ2v) is 9.51. The zero-order valence-corrected chi connectivity index (χ0v) is 19.8. The Morgan fingerprint density at radius 2 is 1.86 bits per heavy atom. The SMILES string of the molecule is CC[C@H]1CN2CC[C@@H]1C[C@H]2[C@H](O)c1cc(-c2ccc(OC(F)(F)F)cc2)nc2ccc(OC)cc12. The van der Waals surface area contributed by atoms with Gasteiger partial charge in [0.2, 0.25) is 0 Å². The molecule has 0 spiro atoms. The molecule has 4 heterocycles. The fourth-order valence-electron chi connectivity index (χ4n) is 5.76. The van der Waals surface area contributed by atoms with Crippen molar-refractivity contribution in [1.82, 2.24) is 9.88 Å². The molecule has 0 saturated carbocycles. The van der Waals surface area contributed by atoms with Crippen molar-refractivity contribution in [3.8, 4) is 22.8 Å². The molecule has 6 rings (SSSR count). The third kappa shape index (κ3) is 4.82. The maximum Gasteiger partial charge on any atom is 0.573 e. The Labute approximate surface area is 202 Å². The fraction of sp³-hybridized carbons (Fsp3) is 0.444. The summed E-state index contributed by atoms with van der Waals surface area (Å²) in [6.45, 7) is 4.23.